The minimum absolute atomic E-state index is 0.0369. The van der Waals surface area contributed by atoms with E-state index in [0.717, 1.165) is 0 Å². The molecule has 0 aromatic heterocycles. The smallest absolute Gasteiger partial charge is 0.147 e. The average Bonchev–Trinajstić information content (AvgIpc) is 2.65. The van der Waals surface area contributed by atoms with E-state index in [1.165, 1.54) is 43.2 Å². The zero-order chi connectivity index (χ0) is 16.1. The predicted octanol–water partition coefficient (Wildman–Crippen LogP) is 4.41. The minimum atomic E-state index is -0.529. The van der Waals surface area contributed by atoms with Crippen molar-refractivity contribution in [2.75, 3.05) is 0 Å². The molecule has 1 nitrogen and oxygen atoms in total. The molecule has 0 radical (unpaired) electrons. The van der Waals surface area contributed by atoms with Crippen molar-refractivity contribution in [3.63, 3.8) is 0 Å². The van der Waals surface area contributed by atoms with Gasteiger partial charge in [0.1, 0.15) is 16.1 Å². The Morgan fingerprint density at radius 1 is 0.870 bits per heavy atom. The van der Waals surface area contributed by atoms with Crippen molar-refractivity contribution in [2.45, 2.75) is 43.1 Å². The Kier molecular flexibility index (Phi) is 5.57. The fourth-order valence-electron chi connectivity index (χ4n) is 3.96. The maximum Gasteiger partial charge on any atom is 0.147 e. The predicted molar refractivity (Wildman–Crippen MR) is 101 cm³/mol. The molecule has 3 heteroatoms. The number of hydrogen-bond donors (Lipinski definition) is 0. The molecule has 0 bridgehead atoms. The summed E-state index contributed by atoms with van der Waals surface area (Å²) in [6.07, 6.45) is 6.33. The van der Waals surface area contributed by atoms with Crippen LogP contribution in [0, 0.1) is 5.92 Å². The Morgan fingerprint density at radius 2 is 1.35 bits per heavy atom. The van der Waals surface area contributed by atoms with Gasteiger partial charge in [0.2, 0.25) is 0 Å². The van der Waals surface area contributed by atoms with E-state index in [-0.39, 0.29) is 5.38 Å². The van der Waals surface area contributed by atoms with Crippen LogP contribution in [0.15, 0.2) is 60.7 Å². The van der Waals surface area contributed by atoms with Crippen LogP contribution in [-0.4, -0.2) is 15.9 Å². The standard InChI is InChI=1S/C20H25ClOSi/c21-19(16-10-4-1-5-11-16)20(22-23,17-12-6-2-7-13-17)18-14-8-3-9-15-18/h2-3,6-9,12-16,19H,1,4-5,10-11H2,23H3. The van der Waals surface area contributed by atoms with Crippen LogP contribution in [0.5, 0.6) is 0 Å². The van der Waals surface area contributed by atoms with Gasteiger partial charge in [-0.15, -0.1) is 11.6 Å². The molecule has 0 heterocycles. The van der Waals surface area contributed by atoms with Gasteiger partial charge in [-0.3, -0.25) is 0 Å². The molecular formula is C20H25ClOSi. The molecule has 0 aliphatic heterocycles. The van der Waals surface area contributed by atoms with Gasteiger partial charge in [-0.05, 0) is 29.9 Å². The Morgan fingerprint density at radius 3 is 1.78 bits per heavy atom. The highest BCUT2D eigenvalue weighted by molar-refractivity contribution is 6.22. The number of hydrogen-bond acceptors (Lipinski definition) is 1. The highest BCUT2D eigenvalue weighted by atomic mass is 35.5. The monoisotopic (exact) mass is 344 g/mol. The Hall–Kier alpha value is -1.09. The van der Waals surface area contributed by atoms with Gasteiger partial charge in [0.15, 0.2) is 0 Å². The van der Waals surface area contributed by atoms with Crippen molar-refractivity contribution in [2.24, 2.45) is 5.92 Å². The topological polar surface area (TPSA) is 9.23 Å². The third-order valence-corrected chi connectivity index (χ3v) is 6.49. The Bertz CT molecular complexity index is 556. The number of halogens is 1. The van der Waals surface area contributed by atoms with Gasteiger partial charge in [-0.2, -0.15) is 0 Å². The van der Waals surface area contributed by atoms with E-state index in [1.807, 2.05) is 0 Å². The molecule has 23 heavy (non-hydrogen) atoms. The fraction of sp³-hybridized carbons (Fsp3) is 0.400. The van der Waals surface area contributed by atoms with Gasteiger partial charge in [0, 0.05) is 0 Å². The van der Waals surface area contributed by atoms with E-state index in [0.29, 0.717) is 16.4 Å². The van der Waals surface area contributed by atoms with E-state index < -0.39 is 5.60 Å². The van der Waals surface area contributed by atoms with Gasteiger partial charge < -0.3 is 4.43 Å². The number of benzene rings is 2. The molecule has 1 atom stereocenters. The summed E-state index contributed by atoms with van der Waals surface area (Å²) in [4.78, 5) is 0. The van der Waals surface area contributed by atoms with E-state index in [4.69, 9.17) is 16.0 Å². The van der Waals surface area contributed by atoms with E-state index in [1.54, 1.807) is 0 Å². The average molecular weight is 345 g/mol. The molecule has 122 valence electrons. The lowest BCUT2D eigenvalue weighted by Gasteiger charge is -2.43. The van der Waals surface area contributed by atoms with Crippen LogP contribution in [0.1, 0.15) is 43.2 Å². The lowest BCUT2D eigenvalue weighted by molar-refractivity contribution is 0.0873. The van der Waals surface area contributed by atoms with E-state index in [2.05, 4.69) is 60.7 Å². The zero-order valence-corrected chi connectivity index (χ0v) is 16.5. The Labute approximate surface area is 147 Å². The van der Waals surface area contributed by atoms with Gasteiger partial charge in [0.25, 0.3) is 0 Å². The molecule has 3 rings (SSSR count). The molecular weight excluding hydrogens is 320 g/mol. The SMILES string of the molecule is [SiH3]OC(c1ccccc1)(c1ccccc1)C(Cl)C1CCCCC1. The summed E-state index contributed by atoms with van der Waals surface area (Å²) in [5.41, 5.74) is 1.82. The highest BCUT2D eigenvalue weighted by Crippen LogP contribution is 2.45. The quantitative estimate of drug-likeness (QED) is 0.576. The van der Waals surface area contributed by atoms with Crippen LogP contribution < -0.4 is 0 Å². The van der Waals surface area contributed by atoms with Crippen LogP contribution in [0.25, 0.3) is 0 Å². The summed E-state index contributed by atoms with van der Waals surface area (Å²) in [5.74, 6) is 0.514. The van der Waals surface area contributed by atoms with Gasteiger partial charge in [0.05, 0.1) is 5.38 Å². The third kappa shape index (κ3) is 3.26. The number of alkyl halides is 1. The molecule has 1 unspecified atom stereocenters. The van der Waals surface area contributed by atoms with Crippen molar-refractivity contribution in [3.05, 3.63) is 71.8 Å². The third-order valence-electron chi connectivity index (χ3n) is 5.18. The minimum Gasteiger partial charge on any atom is -0.413 e. The molecule has 0 saturated heterocycles. The molecule has 2 aromatic rings. The summed E-state index contributed by atoms with van der Waals surface area (Å²) < 4.78 is 6.33. The van der Waals surface area contributed by atoms with Crippen LogP contribution in [-0.2, 0) is 10.0 Å². The van der Waals surface area contributed by atoms with E-state index >= 15 is 0 Å². The maximum atomic E-state index is 7.15. The second-order valence-corrected chi connectivity index (χ2v) is 7.35. The molecule has 0 spiro atoms. The normalized spacial score (nSPS) is 18.0. The van der Waals surface area contributed by atoms with Crippen molar-refractivity contribution < 1.29 is 4.43 Å². The molecule has 1 aliphatic rings. The summed E-state index contributed by atoms with van der Waals surface area (Å²) in [7, 11) is 0.650. The summed E-state index contributed by atoms with van der Waals surface area (Å²) >= 11 is 7.15. The molecule has 0 N–H and O–H groups in total. The van der Waals surface area contributed by atoms with Gasteiger partial charge >= 0.3 is 0 Å². The highest BCUT2D eigenvalue weighted by Gasteiger charge is 2.44. The van der Waals surface area contributed by atoms with Crippen LogP contribution in [0.4, 0.5) is 0 Å². The summed E-state index contributed by atoms with van der Waals surface area (Å²) in [5, 5.41) is -0.0369. The zero-order valence-electron chi connectivity index (χ0n) is 13.7. The lowest BCUT2D eigenvalue weighted by atomic mass is 9.74. The molecule has 1 aliphatic carbocycles. The van der Waals surface area contributed by atoms with Crippen molar-refractivity contribution >= 4 is 22.1 Å². The van der Waals surface area contributed by atoms with Crippen molar-refractivity contribution in [1.29, 1.82) is 0 Å². The number of rotatable bonds is 5. The van der Waals surface area contributed by atoms with Crippen LogP contribution in [0.2, 0.25) is 0 Å². The van der Waals surface area contributed by atoms with Gasteiger partial charge in [-0.1, -0.05) is 79.9 Å². The molecule has 0 amide bonds. The lowest BCUT2D eigenvalue weighted by Crippen LogP contribution is -2.44. The summed E-state index contributed by atoms with van der Waals surface area (Å²) in [6, 6.07) is 21.1. The summed E-state index contributed by atoms with van der Waals surface area (Å²) in [6.45, 7) is 0. The van der Waals surface area contributed by atoms with Gasteiger partial charge in [-0.25, -0.2) is 0 Å². The first-order valence-corrected chi connectivity index (χ1v) is 9.84. The van der Waals surface area contributed by atoms with Crippen molar-refractivity contribution in [1.82, 2.24) is 0 Å². The first kappa shape index (κ1) is 16.8. The van der Waals surface area contributed by atoms with Crippen LogP contribution >= 0.6 is 11.6 Å². The molecule has 2 aromatic carbocycles. The fourth-order valence-corrected chi connectivity index (χ4v) is 5.43. The molecule has 1 fully saturated rings. The van der Waals surface area contributed by atoms with Crippen LogP contribution in [0.3, 0.4) is 0 Å². The largest absolute Gasteiger partial charge is 0.413 e. The second-order valence-electron chi connectivity index (χ2n) is 6.47. The van der Waals surface area contributed by atoms with Crippen molar-refractivity contribution in [3.8, 4) is 0 Å². The first-order valence-electron chi connectivity index (χ1n) is 8.59. The Balaban J connectivity index is 2.08. The van der Waals surface area contributed by atoms with E-state index in [9.17, 15) is 0 Å². The first-order chi connectivity index (χ1) is 11.3. The maximum absolute atomic E-state index is 7.15. The second kappa shape index (κ2) is 7.65. The molecule has 1 saturated carbocycles.